The molecule has 1 heterocycles. The van der Waals surface area contributed by atoms with Crippen molar-refractivity contribution in [2.45, 2.75) is 154 Å². The van der Waals surface area contributed by atoms with Gasteiger partial charge in [-0.1, -0.05) is 116 Å². The topological polar surface area (TPSA) is 93.2 Å². The lowest BCUT2D eigenvalue weighted by atomic mass is 9.80. The number of aryl methyl sites for hydroxylation is 1. The van der Waals surface area contributed by atoms with Crippen molar-refractivity contribution >= 4 is 21.5 Å². The number of hydrogen-bond donors (Lipinski definition) is 1. The van der Waals surface area contributed by atoms with E-state index in [-0.39, 0.29) is 47.1 Å². The van der Waals surface area contributed by atoms with E-state index in [4.69, 9.17) is 0 Å². The second kappa shape index (κ2) is 20.0. The third kappa shape index (κ3) is 14.1. The molecule has 1 fully saturated rings. The molecule has 1 unspecified atom stereocenters. The lowest BCUT2D eigenvalue weighted by Gasteiger charge is -2.27. The van der Waals surface area contributed by atoms with E-state index in [1.54, 1.807) is 12.1 Å². The van der Waals surface area contributed by atoms with Crippen LogP contribution in [0.4, 0.5) is 0 Å². The molecule has 1 aliphatic carbocycles. The van der Waals surface area contributed by atoms with E-state index in [1.807, 2.05) is 24.3 Å². The van der Waals surface area contributed by atoms with Crippen molar-refractivity contribution in [2.75, 3.05) is 0 Å². The average molecular weight is 653 g/mol. The number of Topliss-reactive ketones (excluding diaryl/α,β-unsaturated/α-hetero) is 1. The molecule has 0 spiro atoms. The molecule has 46 heavy (non-hydrogen) atoms. The number of benzene rings is 1. The van der Waals surface area contributed by atoms with Crippen molar-refractivity contribution in [1.29, 1.82) is 0 Å². The highest BCUT2D eigenvalue weighted by atomic mass is 32.2. The van der Waals surface area contributed by atoms with E-state index in [0.29, 0.717) is 17.4 Å². The Balaban J connectivity index is 1.58. The summed E-state index contributed by atoms with van der Waals surface area (Å²) >= 11 is 0. The third-order valence-electron chi connectivity index (χ3n) is 9.44. The van der Waals surface area contributed by atoms with Crippen LogP contribution in [0.5, 0.6) is 0 Å². The highest BCUT2D eigenvalue weighted by Gasteiger charge is 2.27. The molecule has 1 aliphatic rings. The predicted molar refractivity (Wildman–Crippen MR) is 188 cm³/mol. The van der Waals surface area contributed by atoms with E-state index in [0.717, 1.165) is 62.6 Å². The van der Waals surface area contributed by atoms with Gasteiger partial charge in [0.05, 0.1) is 10.6 Å². The summed E-state index contributed by atoms with van der Waals surface area (Å²) in [6.07, 6.45) is 18.5. The first kappa shape index (κ1) is 37.9. The number of carbonyl (C=O) groups excluding carboxylic acids is 2. The fraction of sp³-hybridized carbons (Fsp3) is 0.667. The van der Waals surface area contributed by atoms with Crippen LogP contribution in [0.3, 0.4) is 0 Å². The minimum atomic E-state index is -3.58. The molecule has 256 valence electrons. The summed E-state index contributed by atoms with van der Waals surface area (Å²) in [6.45, 7) is 8.70. The van der Waals surface area contributed by atoms with Crippen LogP contribution in [0, 0.1) is 17.8 Å². The molecule has 0 aliphatic heterocycles. The number of nitrogens with one attached hydrogen (secondary N) is 1. The Kier molecular flexibility index (Phi) is 16.5. The molecule has 1 amide bonds. The minimum absolute atomic E-state index is 0.00642. The lowest BCUT2D eigenvalue weighted by Crippen LogP contribution is -2.39. The molecule has 0 radical (unpaired) electrons. The van der Waals surface area contributed by atoms with Crippen molar-refractivity contribution < 1.29 is 18.0 Å². The summed E-state index contributed by atoms with van der Waals surface area (Å²) in [5.41, 5.74) is 2.36. The zero-order valence-electron chi connectivity index (χ0n) is 29.1. The Morgan fingerprint density at radius 1 is 0.913 bits per heavy atom. The van der Waals surface area contributed by atoms with Gasteiger partial charge in [0.2, 0.25) is 5.91 Å². The van der Waals surface area contributed by atoms with Gasteiger partial charge < -0.3 is 5.32 Å². The number of sulfone groups is 1. The summed E-state index contributed by atoms with van der Waals surface area (Å²) in [4.78, 5) is 31.5. The molecule has 2 aromatic rings. The fourth-order valence-corrected chi connectivity index (χ4v) is 8.01. The van der Waals surface area contributed by atoms with Crippen LogP contribution in [0.2, 0.25) is 0 Å². The van der Waals surface area contributed by atoms with E-state index in [2.05, 4.69) is 38.0 Å². The standard InChI is InChI=1S/C39H60N2O4S/c1-5-6-7-8-12-21-36-22-23-38(28-40-36)46(44,45)29-34-20-14-19-33(24-34)26-37(42)27-35(25-32-17-10-9-11-18-32)39(43)41-31(4)16-13-15-30(2)3/h14,19-20,22-24,28,30-32,35H,5-13,15-18,21,25-27,29H2,1-4H3,(H,41,43)/t31?,35-/m0/s1. The molecular weight excluding hydrogens is 593 g/mol. The van der Waals surface area contributed by atoms with Crippen molar-refractivity contribution in [2.24, 2.45) is 17.8 Å². The maximum Gasteiger partial charge on any atom is 0.223 e. The van der Waals surface area contributed by atoms with Gasteiger partial charge in [0.25, 0.3) is 0 Å². The van der Waals surface area contributed by atoms with Gasteiger partial charge in [0.15, 0.2) is 9.84 Å². The molecule has 1 aromatic carbocycles. The summed E-state index contributed by atoms with van der Waals surface area (Å²) < 4.78 is 26.4. The molecule has 3 rings (SSSR count). The Morgan fingerprint density at radius 2 is 1.65 bits per heavy atom. The quantitative estimate of drug-likeness (QED) is 0.136. The number of pyridine rings is 1. The molecule has 6 nitrogen and oxygen atoms in total. The smallest absolute Gasteiger partial charge is 0.223 e. The van der Waals surface area contributed by atoms with Gasteiger partial charge in [0.1, 0.15) is 5.78 Å². The van der Waals surface area contributed by atoms with Crippen LogP contribution < -0.4 is 5.32 Å². The van der Waals surface area contributed by atoms with E-state index in [9.17, 15) is 18.0 Å². The monoisotopic (exact) mass is 652 g/mol. The van der Waals surface area contributed by atoms with Gasteiger partial charge in [-0.05, 0) is 67.7 Å². The van der Waals surface area contributed by atoms with Gasteiger partial charge in [-0.2, -0.15) is 0 Å². The number of hydrogen-bond acceptors (Lipinski definition) is 5. The highest BCUT2D eigenvalue weighted by Crippen LogP contribution is 2.31. The molecular formula is C39H60N2O4S. The van der Waals surface area contributed by atoms with Gasteiger partial charge in [-0.15, -0.1) is 0 Å². The van der Waals surface area contributed by atoms with Crippen LogP contribution in [0.15, 0.2) is 47.5 Å². The SMILES string of the molecule is CCCCCCCc1ccc(S(=O)(=O)Cc2cccc(CC(=O)C[C@H](CC3CCCCC3)C(=O)NC(C)CCCC(C)C)c2)cn1. The summed E-state index contributed by atoms with van der Waals surface area (Å²) in [7, 11) is -3.58. The van der Waals surface area contributed by atoms with Crippen molar-refractivity contribution in [1.82, 2.24) is 10.3 Å². The summed E-state index contributed by atoms with van der Waals surface area (Å²) in [6, 6.07) is 10.9. The lowest BCUT2D eigenvalue weighted by molar-refractivity contribution is -0.130. The third-order valence-corrected chi connectivity index (χ3v) is 11.1. The Hall–Kier alpha value is -2.54. The predicted octanol–water partition coefficient (Wildman–Crippen LogP) is 8.99. The number of nitrogens with zero attached hydrogens (tertiary/aromatic N) is 1. The fourth-order valence-electron chi connectivity index (χ4n) is 6.73. The first-order valence-corrected chi connectivity index (χ1v) is 19.8. The zero-order chi connectivity index (χ0) is 33.4. The number of unbranched alkanes of at least 4 members (excludes halogenated alkanes) is 4. The van der Waals surface area contributed by atoms with Gasteiger partial charge in [0, 0.05) is 36.7 Å². The van der Waals surface area contributed by atoms with E-state index >= 15 is 0 Å². The normalized spacial score (nSPS) is 15.5. The molecule has 2 atom stereocenters. The molecule has 1 aromatic heterocycles. The maximum atomic E-state index is 13.4. The number of amides is 1. The molecule has 1 N–H and O–H groups in total. The van der Waals surface area contributed by atoms with E-state index in [1.165, 1.54) is 51.1 Å². The second-order valence-corrected chi connectivity index (χ2v) is 16.3. The van der Waals surface area contributed by atoms with Crippen molar-refractivity contribution in [3.8, 4) is 0 Å². The number of rotatable bonds is 21. The number of carbonyl (C=O) groups is 2. The summed E-state index contributed by atoms with van der Waals surface area (Å²) in [5.74, 6) is 0.713. The summed E-state index contributed by atoms with van der Waals surface area (Å²) in [5, 5.41) is 3.22. The van der Waals surface area contributed by atoms with Gasteiger partial charge in [-0.3, -0.25) is 14.6 Å². The van der Waals surface area contributed by atoms with Crippen LogP contribution in [0.25, 0.3) is 0 Å². The largest absolute Gasteiger partial charge is 0.353 e. The molecule has 7 heteroatoms. The van der Waals surface area contributed by atoms with Gasteiger partial charge in [-0.25, -0.2) is 8.42 Å². The molecule has 0 bridgehead atoms. The number of aromatic nitrogens is 1. The van der Waals surface area contributed by atoms with Crippen LogP contribution >= 0.6 is 0 Å². The Labute approximate surface area is 279 Å². The van der Waals surface area contributed by atoms with Crippen LogP contribution in [-0.4, -0.2) is 31.1 Å². The molecule has 0 saturated heterocycles. The van der Waals surface area contributed by atoms with Crippen LogP contribution in [0.1, 0.15) is 141 Å². The molecule has 1 saturated carbocycles. The zero-order valence-corrected chi connectivity index (χ0v) is 29.9. The highest BCUT2D eigenvalue weighted by molar-refractivity contribution is 7.90. The van der Waals surface area contributed by atoms with Crippen molar-refractivity contribution in [3.63, 3.8) is 0 Å². The Morgan fingerprint density at radius 3 is 2.35 bits per heavy atom. The average Bonchev–Trinajstić information content (AvgIpc) is 3.01. The maximum absolute atomic E-state index is 13.4. The first-order chi connectivity index (χ1) is 22.1. The Bertz CT molecular complexity index is 1300. The van der Waals surface area contributed by atoms with Crippen LogP contribution in [-0.2, 0) is 38.0 Å². The van der Waals surface area contributed by atoms with Crippen molar-refractivity contribution in [3.05, 3.63) is 59.4 Å². The minimum Gasteiger partial charge on any atom is -0.353 e. The van der Waals surface area contributed by atoms with E-state index < -0.39 is 9.84 Å². The van der Waals surface area contributed by atoms with Gasteiger partial charge >= 0.3 is 0 Å². The second-order valence-electron chi connectivity index (χ2n) is 14.3. The number of ketones is 1. The first-order valence-electron chi connectivity index (χ1n) is 18.1.